The normalized spacial score (nSPS) is 13.7. The molecular weight excluding hydrogens is 418 g/mol. The number of hydrogen-bond donors (Lipinski definition) is 2. The molecule has 1 heterocycles. The molecule has 10 nitrogen and oxygen atoms in total. The molecule has 32 heavy (non-hydrogen) atoms. The molecule has 10 heteroatoms. The fourth-order valence-electron chi connectivity index (χ4n) is 3.55. The number of fused-ring (bicyclic) bond motifs is 1. The van der Waals surface area contributed by atoms with E-state index in [-0.39, 0.29) is 29.5 Å². The Morgan fingerprint density at radius 2 is 1.66 bits per heavy atom. The number of ether oxygens (including phenoxy) is 2. The number of piperazine rings is 1. The summed E-state index contributed by atoms with van der Waals surface area (Å²) in [6.45, 7) is 2.66. The van der Waals surface area contributed by atoms with Gasteiger partial charge in [-0.1, -0.05) is 24.3 Å². The number of nitrogen functional groups attached to an aromatic ring is 1. The number of amides is 2. The highest BCUT2D eigenvalue weighted by molar-refractivity contribution is 6.15. The van der Waals surface area contributed by atoms with Crippen LogP contribution in [0.15, 0.2) is 30.3 Å². The maximum absolute atomic E-state index is 12.9. The Labute approximate surface area is 184 Å². The minimum absolute atomic E-state index is 0.0996. The summed E-state index contributed by atoms with van der Waals surface area (Å²) in [5.74, 6) is -1.82. The van der Waals surface area contributed by atoms with Crippen LogP contribution in [0.1, 0.15) is 23.7 Å². The highest BCUT2D eigenvalue weighted by atomic mass is 16.6. The second-order valence-corrected chi connectivity index (χ2v) is 7.23. The summed E-state index contributed by atoms with van der Waals surface area (Å²) < 4.78 is 10.3. The van der Waals surface area contributed by atoms with Crippen LogP contribution in [0.5, 0.6) is 5.75 Å². The summed E-state index contributed by atoms with van der Waals surface area (Å²) in [6.07, 6.45) is -0.825. The predicted octanol–water partition coefficient (Wildman–Crippen LogP) is 1.76. The van der Waals surface area contributed by atoms with Crippen molar-refractivity contribution in [1.82, 2.24) is 9.80 Å². The Kier molecular flexibility index (Phi) is 7.14. The van der Waals surface area contributed by atoms with Crippen molar-refractivity contribution >= 4 is 40.2 Å². The van der Waals surface area contributed by atoms with E-state index in [1.54, 1.807) is 31.2 Å². The zero-order valence-electron chi connectivity index (χ0n) is 17.7. The number of Topliss-reactive ketones (excluding diaryl/α,β-unsaturated/α-hetero) is 1. The van der Waals surface area contributed by atoms with Crippen LogP contribution < -0.4 is 10.5 Å². The number of hydrogen-bond acceptors (Lipinski definition) is 7. The van der Waals surface area contributed by atoms with Crippen LogP contribution in [-0.2, 0) is 14.3 Å². The Morgan fingerprint density at radius 3 is 2.28 bits per heavy atom. The van der Waals surface area contributed by atoms with Crippen molar-refractivity contribution < 1.29 is 33.8 Å². The van der Waals surface area contributed by atoms with Gasteiger partial charge in [-0.15, -0.1) is 0 Å². The molecule has 1 aliphatic rings. The third-order valence-electron chi connectivity index (χ3n) is 5.17. The number of rotatable bonds is 7. The van der Waals surface area contributed by atoms with E-state index in [4.69, 9.17) is 20.3 Å². The third-order valence-corrected chi connectivity index (χ3v) is 5.17. The van der Waals surface area contributed by atoms with Gasteiger partial charge in [-0.3, -0.25) is 9.59 Å². The summed E-state index contributed by atoms with van der Waals surface area (Å²) >= 11 is 0. The summed E-state index contributed by atoms with van der Waals surface area (Å²) in [5.41, 5.74) is 6.50. The van der Waals surface area contributed by atoms with E-state index in [0.29, 0.717) is 37.0 Å². The van der Waals surface area contributed by atoms with Crippen molar-refractivity contribution in [1.29, 1.82) is 0 Å². The van der Waals surface area contributed by atoms with Gasteiger partial charge >= 0.3 is 12.1 Å². The standard InChI is InChI=1S/C22H25N3O7/c1-2-31-22(30)25-9-7-24(8-10-25)19(27)12-17(26)16-11-18(32-13-20(28)29)14-5-3-4-6-15(14)21(16)23/h3-6,11H,2,7-10,12-13,23H2,1H3,(H,28,29). The molecule has 0 aliphatic carbocycles. The lowest BCUT2D eigenvalue weighted by atomic mass is 9.98. The van der Waals surface area contributed by atoms with Crippen molar-refractivity contribution in [2.75, 3.05) is 45.1 Å². The smallest absolute Gasteiger partial charge is 0.409 e. The van der Waals surface area contributed by atoms with Gasteiger partial charge in [0, 0.05) is 42.5 Å². The number of ketones is 1. The fourth-order valence-corrected chi connectivity index (χ4v) is 3.55. The molecule has 2 amide bonds. The number of benzene rings is 2. The number of nitrogens with zero attached hydrogens (tertiary/aromatic N) is 2. The predicted molar refractivity (Wildman–Crippen MR) is 116 cm³/mol. The van der Waals surface area contributed by atoms with Gasteiger partial charge in [-0.2, -0.15) is 0 Å². The SMILES string of the molecule is CCOC(=O)N1CCN(C(=O)CC(=O)c2cc(OCC(=O)O)c3ccccc3c2N)CC1. The van der Waals surface area contributed by atoms with Crippen LogP contribution in [0.25, 0.3) is 10.8 Å². The molecule has 0 saturated carbocycles. The van der Waals surface area contributed by atoms with Crippen LogP contribution >= 0.6 is 0 Å². The molecule has 3 N–H and O–H groups in total. The molecule has 0 spiro atoms. The van der Waals surface area contributed by atoms with E-state index in [1.807, 2.05) is 0 Å². The van der Waals surface area contributed by atoms with Gasteiger partial charge in [-0.25, -0.2) is 9.59 Å². The Bertz CT molecular complexity index is 1050. The molecule has 0 atom stereocenters. The third kappa shape index (κ3) is 5.08. The number of carboxylic acids is 1. The summed E-state index contributed by atoms with van der Waals surface area (Å²) in [5, 5.41) is 10.0. The first kappa shape index (κ1) is 22.9. The van der Waals surface area contributed by atoms with Gasteiger partial charge in [0.05, 0.1) is 18.7 Å². The van der Waals surface area contributed by atoms with Crippen molar-refractivity contribution in [2.24, 2.45) is 0 Å². The van der Waals surface area contributed by atoms with Crippen LogP contribution in [0.4, 0.5) is 10.5 Å². The first-order chi connectivity index (χ1) is 15.3. The summed E-state index contributed by atoms with van der Waals surface area (Å²) in [7, 11) is 0. The number of anilines is 1. The van der Waals surface area contributed by atoms with Crippen LogP contribution in [0.2, 0.25) is 0 Å². The van der Waals surface area contributed by atoms with Crippen LogP contribution in [0, 0.1) is 0 Å². The van der Waals surface area contributed by atoms with E-state index in [9.17, 15) is 19.2 Å². The van der Waals surface area contributed by atoms with Gasteiger partial charge in [0.15, 0.2) is 12.4 Å². The minimum Gasteiger partial charge on any atom is -0.481 e. The lowest BCUT2D eigenvalue weighted by molar-refractivity contribution is -0.139. The van der Waals surface area contributed by atoms with Crippen molar-refractivity contribution in [3.8, 4) is 5.75 Å². The molecule has 0 unspecified atom stereocenters. The Morgan fingerprint density at radius 1 is 1.03 bits per heavy atom. The summed E-state index contributed by atoms with van der Waals surface area (Å²) in [6, 6.07) is 8.28. The average molecular weight is 443 g/mol. The van der Waals surface area contributed by atoms with E-state index < -0.39 is 30.9 Å². The number of aliphatic carboxylic acids is 1. The van der Waals surface area contributed by atoms with Crippen LogP contribution in [-0.4, -0.2) is 78.1 Å². The van der Waals surface area contributed by atoms with Crippen LogP contribution in [0.3, 0.4) is 0 Å². The molecule has 1 aliphatic heterocycles. The Hall–Kier alpha value is -3.82. The first-order valence-electron chi connectivity index (χ1n) is 10.2. The zero-order chi connectivity index (χ0) is 23.3. The highest BCUT2D eigenvalue weighted by Crippen LogP contribution is 2.34. The van der Waals surface area contributed by atoms with Crippen molar-refractivity contribution in [2.45, 2.75) is 13.3 Å². The molecule has 2 aromatic carbocycles. The summed E-state index contributed by atoms with van der Waals surface area (Å²) in [4.78, 5) is 51.4. The first-order valence-corrected chi connectivity index (χ1v) is 10.2. The second kappa shape index (κ2) is 9.99. The molecule has 1 saturated heterocycles. The number of carboxylic acid groups (broad SMARTS) is 1. The molecule has 1 fully saturated rings. The van der Waals surface area contributed by atoms with Gasteiger partial charge in [-0.05, 0) is 13.0 Å². The Balaban J connectivity index is 1.74. The molecule has 0 radical (unpaired) electrons. The fraction of sp³-hybridized carbons (Fsp3) is 0.364. The lowest BCUT2D eigenvalue weighted by Gasteiger charge is -2.34. The second-order valence-electron chi connectivity index (χ2n) is 7.23. The molecule has 3 rings (SSSR count). The van der Waals surface area contributed by atoms with E-state index >= 15 is 0 Å². The average Bonchev–Trinajstić information content (AvgIpc) is 2.78. The van der Waals surface area contributed by atoms with E-state index in [1.165, 1.54) is 15.9 Å². The van der Waals surface area contributed by atoms with Gasteiger partial charge < -0.3 is 30.1 Å². The molecular formula is C22H25N3O7. The largest absolute Gasteiger partial charge is 0.481 e. The molecule has 2 aromatic rings. The van der Waals surface area contributed by atoms with Gasteiger partial charge in [0.1, 0.15) is 5.75 Å². The van der Waals surface area contributed by atoms with Gasteiger partial charge in [0.25, 0.3) is 0 Å². The molecule has 0 bridgehead atoms. The highest BCUT2D eigenvalue weighted by Gasteiger charge is 2.27. The van der Waals surface area contributed by atoms with Crippen molar-refractivity contribution in [3.05, 3.63) is 35.9 Å². The van der Waals surface area contributed by atoms with Crippen molar-refractivity contribution in [3.63, 3.8) is 0 Å². The minimum atomic E-state index is -1.16. The topological polar surface area (TPSA) is 139 Å². The maximum Gasteiger partial charge on any atom is 0.409 e. The number of nitrogens with two attached hydrogens (primary N) is 1. The van der Waals surface area contributed by atoms with Gasteiger partial charge in [0.2, 0.25) is 5.91 Å². The molecule has 0 aromatic heterocycles. The molecule has 170 valence electrons. The number of carbonyl (C=O) groups is 4. The zero-order valence-corrected chi connectivity index (χ0v) is 17.7. The maximum atomic E-state index is 12.9. The van der Waals surface area contributed by atoms with E-state index in [2.05, 4.69) is 0 Å². The quantitative estimate of drug-likeness (QED) is 0.375. The monoisotopic (exact) mass is 443 g/mol. The lowest BCUT2D eigenvalue weighted by Crippen LogP contribution is -2.51. The number of carbonyl (C=O) groups excluding carboxylic acids is 3. The van der Waals surface area contributed by atoms with E-state index in [0.717, 1.165) is 0 Å².